The van der Waals surface area contributed by atoms with Gasteiger partial charge in [-0.2, -0.15) is 0 Å². The van der Waals surface area contributed by atoms with E-state index in [1.54, 1.807) is 10.8 Å². The normalized spacial score (nSPS) is 9.93. The predicted molar refractivity (Wildman–Crippen MR) is 62.8 cm³/mol. The van der Waals surface area contributed by atoms with Crippen molar-refractivity contribution < 1.29 is 14.7 Å². The summed E-state index contributed by atoms with van der Waals surface area (Å²) in [6.07, 6.45) is 1.29. The van der Waals surface area contributed by atoms with E-state index in [2.05, 4.69) is 4.84 Å². The van der Waals surface area contributed by atoms with E-state index in [-0.39, 0.29) is 18.3 Å². The Morgan fingerprint density at radius 1 is 1.40 bits per heavy atom. The van der Waals surface area contributed by atoms with Crippen LogP contribution in [0.3, 0.4) is 0 Å². The van der Waals surface area contributed by atoms with Crippen LogP contribution in [0.25, 0.3) is 0 Å². The van der Waals surface area contributed by atoms with Gasteiger partial charge < -0.3 is 4.84 Å². The molecule has 0 aliphatic rings. The van der Waals surface area contributed by atoms with Crippen molar-refractivity contribution in [2.24, 2.45) is 0 Å². The Hall–Kier alpha value is -0.140. The molecule has 0 atom stereocenters. The molecule has 0 aromatic carbocycles. The molecule has 88 valence electrons. The standard InChI is InChI=1S/C7H12ClNO4S2/c8-6-7(10)2-1-4-14-15-5-3-13-9(11)12/h1-6H2. The maximum Gasteiger partial charge on any atom is 0.294 e. The van der Waals surface area contributed by atoms with E-state index in [1.807, 2.05) is 0 Å². The average molecular weight is 274 g/mol. The minimum atomic E-state index is -0.801. The van der Waals surface area contributed by atoms with Crippen molar-refractivity contribution in [3.8, 4) is 0 Å². The first kappa shape index (κ1) is 14.9. The molecule has 0 rings (SSSR count). The van der Waals surface area contributed by atoms with Crippen LogP contribution in [0.5, 0.6) is 0 Å². The molecule has 0 aliphatic heterocycles. The molecule has 0 heterocycles. The van der Waals surface area contributed by atoms with Crippen molar-refractivity contribution in [2.45, 2.75) is 12.8 Å². The lowest BCUT2D eigenvalue weighted by atomic mass is 10.2. The number of rotatable bonds is 10. The van der Waals surface area contributed by atoms with Crippen LogP contribution < -0.4 is 0 Å². The zero-order chi connectivity index (χ0) is 11.5. The van der Waals surface area contributed by atoms with Crippen molar-refractivity contribution in [2.75, 3.05) is 24.0 Å². The summed E-state index contributed by atoms with van der Waals surface area (Å²) in [5, 5.41) is 8.96. The number of nitrogens with zero attached hydrogens (tertiary/aromatic N) is 1. The van der Waals surface area contributed by atoms with Crippen LogP contribution in [0, 0.1) is 10.1 Å². The molecule has 0 unspecified atom stereocenters. The molecule has 0 bridgehead atoms. The van der Waals surface area contributed by atoms with Gasteiger partial charge in [0.1, 0.15) is 12.4 Å². The molecule has 0 saturated carbocycles. The minimum absolute atomic E-state index is 0.0546. The molecular formula is C7H12ClNO4S2. The van der Waals surface area contributed by atoms with Gasteiger partial charge in [-0.1, -0.05) is 21.6 Å². The second-order valence-electron chi connectivity index (χ2n) is 2.48. The lowest BCUT2D eigenvalue weighted by Crippen LogP contribution is -2.03. The Kier molecular flexibility index (Phi) is 10.3. The van der Waals surface area contributed by atoms with Gasteiger partial charge in [0.05, 0.1) is 5.88 Å². The highest BCUT2D eigenvalue weighted by atomic mass is 35.5. The van der Waals surface area contributed by atoms with Crippen LogP contribution in [0.2, 0.25) is 0 Å². The van der Waals surface area contributed by atoms with Gasteiger partial charge in [0.25, 0.3) is 5.09 Å². The Labute approximate surface area is 101 Å². The van der Waals surface area contributed by atoms with E-state index in [4.69, 9.17) is 11.6 Å². The number of carbonyl (C=O) groups excluding carboxylic acids is 1. The van der Waals surface area contributed by atoms with Gasteiger partial charge in [-0.05, 0) is 6.42 Å². The number of hydrogen-bond acceptors (Lipinski definition) is 6. The van der Waals surface area contributed by atoms with Gasteiger partial charge in [-0.25, -0.2) is 0 Å². The lowest BCUT2D eigenvalue weighted by Gasteiger charge is -1.99. The second kappa shape index (κ2) is 10.4. The number of ketones is 1. The molecule has 8 heteroatoms. The lowest BCUT2D eigenvalue weighted by molar-refractivity contribution is -0.756. The zero-order valence-electron chi connectivity index (χ0n) is 8.02. The second-order valence-corrected chi connectivity index (χ2v) is 5.45. The van der Waals surface area contributed by atoms with Crippen molar-refractivity contribution in [3.63, 3.8) is 0 Å². The highest BCUT2D eigenvalue weighted by Crippen LogP contribution is 2.22. The fourth-order valence-corrected chi connectivity index (χ4v) is 2.70. The van der Waals surface area contributed by atoms with Gasteiger partial charge in [-0.3, -0.25) is 4.79 Å². The number of halogens is 1. The number of carbonyl (C=O) groups is 1. The third-order valence-corrected chi connectivity index (χ3v) is 4.03. The summed E-state index contributed by atoms with van der Waals surface area (Å²) in [6, 6.07) is 0. The van der Waals surface area contributed by atoms with Crippen LogP contribution in [-0.4, -0.2) is 34.9 Å². The summed E-state index contributed by atoms with van der Waals surface area (Å²) in [7, 11) is 3.07. The van der Waals surface area contributed by atoms with Gasteiger partial charge in [-0.15, -0.1) is 21.7 Å². The molecule has 0 aromatic heterocycles. The molecule has 0 radical (unpaired) electrons. The van der Waals surface area contributed by atoms with Crippen molar-refractivity contribution >= 4 is 39.0 Å². The molecule has 15 heavy (non-hydrogen) atoms. The topological polar surface area (TPSA) is 69.4 Å². The van der Waals surface area contributed by atoms with E-state index >= 15 is 0 Å². The van der Waals surface area contributed by atoms with Crippen molar-refractivity contribution in [1.82, 2.24) is 0 Å². The number of alkyl halides is 1. The Bertz CT molecular complexity index is 205. The first-order chi connectivity index (χ1) is 7.16. The van der Waals surface area contributed by atoms with Gasteiger partial charge in [0.2, 0.25) is 0 Å². The van der Waals surface area contributed by atoms with E-state index < -0.39 is 5.09 Å². The summed E-state index contributed by atoms with van der Waals surface area (Å²) in [5.41, 5.74) is 0. The molecule has 0 N–H and O–H groups in total. The molecular weight excluding hydrogens is 262 g/mol. The smallest absolute Gasteiger partial charge is 0.294 e. The quantitative estimate of drug-likeness (QED) is 0.200. The molecule has 0 aliphatic carbocycles. The number of Topliss-reactive ketones (excluding diaryl/α,β-unsaturated/α-hetero) is 1. The van der Waals surface area contributed by atoms with Gasteiger partial charge in [0, 0.05) is 17.9 Å². The molecule has 0 aromatic rings. The monoisotopic (exact) mass is 273 g/mol. The highest BCUT2D eigenvalue weighted by molar-refractivity contribution is 8.76. The average Bonchev–Trinajstić information content (AvgIpc) is 2.21. The fourth-order valence-electron chi connectivity index (χ4n) is 0.659. The highest BCUT2D eigenvalue weighted by Gasteiger charge is 1.99. The van der Waals surface area contributed by atoms with Crippen LogP contribution in [-0.2, 0) is 9.63 Å². The zero-order valence-corrected chi connectivity index (χ0v) is 10.4. The Morgan fingerprint density at radius 2 is 2.07 bits per heavy atom. The third-order valence-electron chi connectivity index (χ3n) is 1.28. The van der Waals surface area contributed by atoms with Crippen LogP contribution in [0.15, 0.2) is 0 Å². The van der Waals surface area contributed by atoms with Crippen LogP contribution in [0.1, 0.15) is 12.8 Å². The summed E-state index contributed by atoms with van der Waals surface area (Å²) < 4.78 is 0. The van der Waals surface area contributed by atoms with Gasteiger partial charge in [0.15, 0.2) is 0 Å². The summed E-state index contributed by atoms with van der Waals surface area (Å²) in [5.74, 6) is 1.54. The predicted octanol–water partition coefficient (Wildman–Crippen LogP) is 2.16. The molecule has 0 saturated heterocycles. The van der Waals surface area contributed by atoms with Crippen molar-refractivity contribution in [3.05, 3.63) is 10.1 Å². The fraction of sp³-hybridized carbons (Fsp3) is 0.857. The number of hydrogen-bond donors (Lipinski definition) is 0. The van der Waals surface area contributed by atoms with Crippen LogP contribution >= 0.6 is 33.2 Å². The largest absolute Gasteiger partial charge is 0.313 e. The minimum Gasteiger partial charge on any atom is -0.313 e. The van der Waals surface area contributed by atoms with E-state index in [1.165, 1.54) is 10.8 Å². The summed E-state index contributed by atoms with van der Waals surface area (Å²) in [4.78, 5) is 24.7. The first-order valence-corrected chi connectivity index (χ1v) is 7.28. The van der Waals surface area contributed by atoms with Crippen LogP contribution in [0.4, 0.5) is 0 Å². The first-order valence-electron chi connectivity index (χ1n) is 4.26. The van der Waals surface area contributed by atoms with E-state index in [9.17, 15) is 14.9 Å². The maximum atomic E-state index is 10.8. The summed E-state index contributed by atoms with van der Waals surface area (Å²) in [6.45, 7) is 0.102. The Morgan fingerprint density at radius 3 is 2.67 bits per heavy atom. The molecule has 0 amide bonds. The Balaban J connectivity index is 3.05. The van der Waals surface area contributed by atoms with E-state index in [0.29, 0.717) is 12.2 Å². The molecule has 0 fully saturated rings. The maximum absolute atomic E-state index is 10.8. The van der Waals surface area contributed by atoms with Crippen molar-refractivity contribution in [1.29, 1.82) is 0 Å². The summed E-state index contributed by atoms with van der Waals surface area (Å²) >= 11 is 5.32. The van der Waals surface area contributed by atoms with Gasteiger partial charge >= 0.3 is 0 Å². The van der Waals surface area contributed by atoms with E-state index in [0.717, 1.165) is 12.2 Å². The SMILES string of the molecule is O=C(CCl)CCCSSCCO[N+](=O)[O-]. The molecule has 5 nitrogen and oxygen atoms in total. The third kappa shape index (κ3) is 11.8. The molecule has 0 spiro atoms.